The highest BCUT2D eigenvalue weighted by atomic mass is 35.5. The molecule has 0 aliphatic carbocycles. The highest BCUT2D eigenvalue weighted by Gasteiger charge is 2.90. The number of hydrogen-bond donors (Lipinski definition) is 1. The van der Waals surface area contributed by atoms with Gasteiger partial charge in [-0.3, -0.25) is 4.55 Å². The molecule has 1 fully saturated rings. The van der Waals surface area contributed by atoms with E-state index < -0.39 is 82.3 Å². The minimum Gasteiger partial charge on any atom is -0.381 e. The molecule has 0 bridgehead atoms. The van der Waals surface area contributed by atoms with Crippen LogP contribution in [0, 0.1) is 11.8 Å². The summed E-state index contributed by atoms with van der Waals surface area (Å²) in [5.41, 5.74) is 0. The molecule has 0 amide bonds. The van der Waals surface area contributed by atoms with Gasteiger partial charge < -0.3 is 4.74 Å². The van der Waals surface area contributed by atoms with Gasteiger partial charge in [-0.1, -0.05) is 0 Å². The fraction of sp³-hybridized carbons (Fsp3) is 1.00. The zero-order valence-electron chi connectivity index (χ0n) is 14.0. The maximum Gasteiger partial charge on any atom is 0.393 e. The Labute approximate surface area is 165 Å². The largest absolute Gasteiger partial charge is 0.393 e. The van der Waals surface area contributed by atoms with Crippen molar-refractivity contribution in [3.63, 3.8) is 0 Å². The van der Waals surface area contributed by atoms with Gasteiger partial charge in [-0.05, 0) is 17.5 Å². The molecule has 2 unspecified atom stereocenters. The Bertz CT molecular complexity index is 736. The van der Waals surface area contributed by atoms with E-state index >= 15 is 0 Å². The van der Waals surface area contributed by atoms with E-state index in [2.05, 4.69) is 16.3 Å². The molecule has 1 saturated heterocycles. The predicted octanol–water partition coefficient (Wildman–Crippen LogP) is 4.54. The van der Waals surface area contributed by atoms with Crippen LogP contribution >= 0.6 is 11.6 Å². The van der Waals surface area contributed by atoms with Gasteiger partial charge in [-0.15, -0.1) is 0 Å². The number of ether oxygens (including phenoxy) is 1. The normalized spacial score (nSPS) is 23.1. The maximum atomic E-state index is 13.9. The summed E-state index contributed by atoms with van der Waals surface area (Å²) in [6.07, 6.45) is -2.49. The summed E-state index contributed by atoms with van der Waals surface area (Å²) in [6.45, 7) is -1.71. The fourth-order valence-corrected chi connectivity index (χ4v) is 3.61. The molecule has 1 aliphatic heterocycles. The minimum absolute atomic E-state index is 0.741. The molecule has 1 N–H and O–H groups in total. The Kier molecular flexibility index (Phi) is 7.04. The van der Waals surface area contributed by atoms with Crippen molar-refractivity contribution >= 4 is 21.7 Å². The topological polar surface area (TPSA) is 63.6 Å². The van der Waals surface area contributed by atoms with Crippen LogP contribution in [-0.4, -0.2) is 66.9 Å². The third-order valence-corrected chi connectivity index (χ3v) is 5.36. The van der Waals surface area contributed by atoms with Crippen LogP contribution < -0.4 is 0 Å². The summed E-state index contributed by atoms with van der Waals surface area (Å²) < 4.78 is 194. The summed E-state index contributed by atoms with van der Waals surface area (Å²) in [7, 11) is -4.90. The van der Waals surface area contributed by atoms with Crippen molar-refractivity contribution in [2.75, 3.05) is 19.0 Å². The lowest BCUT2D eigenvalue weighted by atomic mass is 9.85. The molecule has 30 heavy (non-hydrogen) atoms. The van der Waals surface area contributed by atoms with Gasteiger partial charge in [0.25, 0.3) is 10.1 Å². The van der Waals surface area contributed by atoms with Crippen LogP contribution in [0.1, 0.15) is 6.42 Å². The Balaban J connectivity index is 3.29. The van der Waals surface area contributed by atoms with Crippen LogP contribution in [0.15, 0.2) is 0 Å². The van der Waals surface area contributed by atoms with Crippen molar-refractivity contribution in [3.8, 4) is 0 Å². The van der Waals surface area contributed by atoms with E-state index in [1.165, 1.54) is 0 Å². The van der Waals surface area contributed by atoms with Crippen LogP contribution in [-0.2, 0) is 14.9 Å². The molecule has 0 saturated carbocycles. The monoisotopic (exact) mass is 514 g/mol. The van der Waals surface area contributed by atoms with E-state index in [0.29, 0.717) is 0 Å². The van der Waals surface area contributed by atoms with E-state index in [0.717, 1.165) is 0 Å². The number of hydrogen-bond acceptors (Lipinski definition) is 3. The first-order chi connectivity index (χ1) is 12.9. The van der Waals surface area contributed by atoms with Gasteiger partial charge in [-0.2, -0.15) is 61.1 Å². The standard InChI is InChI=1S/C12H11ClF12O4S/c13-12(24,25)11(22,23)10(20,21)9(18,19)8(16,17)7(14,15)1-5-2-29-3-6(5)4-30(26,27)28/h5-6H,1-4H2,(H,26,27,28). The van der Waals surface area contributed by atoms with E-state index in [1.807, 2.05) is 0 Å². The van der Waals surface area contributed by atoms with Crippen molar-refractivity contribution in [2.45, 2.75) is 41.4 Å². The zero-order chi connectivity index (χ0) is 24.2. The first-order valence-electron chi connectivity index (χ1n) is 7.41. The van der Waals surface area contributed by atoms with Gasteiger partial charge in [-0.25, -0.2) is 0 Å². The molecule has 1 heterocycles. The molecule has 180 valence electrons. The quantitative estimate of drug-likeness (QED) is 0.279. The fourth-order valence-electron chi connectivity index (χ4n) is 2.58. The highest BCUT2D eigenvalue weighted by molar-refractivity contribution is 7.85. The lowest BCUT2D eigenvalue weighted by Crippen LogP contribution is -2.70. The highest BCUT2D eigenvalue weighted by Crippen LogP contribution is 2.61. The second-order valence-electron chi connectivity index (χ2n) is 6.51. The van der Waals surface area contributed by atoms with Crippen LogP contribution in [0.5, 0.6) is 0 Å². The average Bonchev–Trinajstić information content (AvgIpc) is 2.89. The van der Waals surface area contributed by atoms with Gasteiger partial charge >= 0.3 is 35.0 Å². The second-order valence-corrected chi connectivity index (χ2v) is 8.48. The summed E-state index contributed by atoms with van der Waals surface area (Å²) in [5.74, 6) is -41.5. The molecular weight excluding hydrogens is 504 g/mol. The van der Waals surface area contributed by atoms with E-state index in [1.54, 1.807) is 0 Å². The van der Waals surface area contributed by atoms with Crippen molar-refractivity contribution in [2.24, 2.45) is 11.8 Å². The molecule has 1 aliphatic rings. The SMILES string of the molecule is O=S(=O)(O)CC1COCC1CC(F)(F)C(F)(F)C(F)(F)C(F)(F)C(F)(F)C(F)(F)Cl. The summed E-state index contributed by atoms with van der Waals surface area (Å²) in [5, 5.41) is -6.52. The van der Waals surface area contributed by atoms with E-state index in [-0.39, 0.29) is 0 Å². The van der Waals surface area contributed by atoms with Gasteiger partial charge in [0.1, 0.15) is 0 Å². The molecule has 1 rings (SSSR count). The first kappa shape index (κ1) is 27.4. The third-order valence-electron chi connectivity index (χ3n) is 4.27. The van der Waals surface area contributed by atoms with Crippen molar-refractivity contribution in [1.29, 1.82) is 0 Å². The van der Waals surface area contributed by atoms with Crippen LogP contribution in [0.25, 0.3) is 0 Å². The van der Waals surface area contributed by atoms with Crippen LogP contribution in [0.2, 0.25) is 0 Å². The van der Waals surface area contributed by atoms with Crippen LogP contribution in [0.3, 0.4) is 0 Å². The van der Waals surface area contributed by atoms with Gasteiger partial charge in [0.15, 0.2) is 0 Å². The Hall–Kier alpha value is -0.680. The maximum absolute atomic E-state index is 13.9. The third kappa shape index (κ3) is 4.57. The molecular formula is C12H11ClF12O4S. The minimum atomic E-state index is -7.75. The Morgan fingerprint density at radius 1 is 0.767 bits per heavy atom. The molecule has 0 aromatic carbocycles. The summed E-state index contributed by atoms with van der Waals surface area (Å²) in [4.78, 5) is 0. The number of halogens is 13. The molecule has 0 aromatic heterocycles. The van der Waals surface area contributed by atoms with Crippen molar-refractivity contribution < 1.29 is 70.4 Å². The molecule has 2 atom stereocenters. The van der Waals surface area contributed by atoms with E-state index in [4.69, 9.17) is 4.55 Å². The average molecular weight is 515 g/mol. The lowest BCUT2D eigenvalue weighted by Gasteiger charge is -2.40. The van der Waals surface area contributed by atoms with Crippen LogP contribution in [0.4, 0.5) is 52.7 Å². The molecule has 0 spiro atoms. The molecule has 18 heteroatoms. The zero-order valence-corrected chi connectivity index (χ0v) is 15.5. The van der Waals surface area contributed by atoms with Gasteiger partial charge in [0, 0.05) is 12.3 Å². The molecule has 0 aromatic rings. The smallest absolute Gasteiger partial charge is 0.381 e. The molecule has 0 radical (unpaired) electrons. The Morgan fingerprint density at radius 2 is 1.17 bits per heavy atom. The summed E-state index contributed by atoms with van der Waals surface area (Å²) >= 11 is 3.57. The number of alkyl halides is 13. The first-order valence-corrected chi connectivity index (χ1v) is 9.40. The number of rotatable bonds is 9. The van der Waals surface area contributed by atoms with E-state index in [9.17, 15) is 61.1 Å². The van der Waals surface area contributed by atoms with Gasteiger partial charge in [0.05, 0.1) is 19.0 Å². The van der Waals surface area contributed by atoms with Crippen molar-refractivity contribution in [1.82, 2.24) is 0 Å². The lowest BCUT2D eigenvalue weighted by molar-refractivity contribution is -0.418. The predicted molar refractivity (Wildman–Crippen MR) is 74.4 cm³/mol. The molecule has 4 nitrogen and oxygen atoms in total. The summed E-state index contributed by atoms with van der Waals surface area (Å²) in [6, 6.07) is 0. The van der Waals surface area contributed by atoms with Gasteiger partial charge in [0.2, 0.25) is 0 Å². The second kappa shape index (κ2) is 7.72. The van der Waals surface area contributed by atoms with Crippen molar-refractivity contribution in [3.05, 3.63) is 0 Å². The Morgan fingerprint density at radius 3 is 1.57 bits per heavy atom.